The number of aryl methyl sites for hydroxylation is 1. The molecule has 0 bridgehead atoms. The second-order valence-corrected chi connectivity index (χ2v) is 8.86. The molecule has 2 N–H and O–H groups in total. The van der Waals surface area contributed by atoms with E-state index in [4.69, 9.17) is 10.5 Å². The highest BCUT2D eigenvalue weighted by atomic mass is 35.5. The van der Waals surface area contributed by atoms with Crippen LogP contribution in [0, 0.1) is 5.92 Å². The normalized spacial score (nSPS) is 22.9. The molecular weight excluding hydrogens is 451 g/mol. The Balaban J connectivity index is 0.00000144. The first-order chi connectivity index (χ1) is 14.4. The fourth-order valence-electron chi connectivity index (χ4n) is 4.68. The summed E-state index contributed by atoms with van der Waals surface area (Å²) in [7, 11) is 2.05. The van der Waals surface area contributed by atoms with E-state index >= 15 is 0 Å². The van der Waals surface area contributed by atoms with Crippen molar-refractivity contribution < 1.29 is 14.3 Å². The molecule has 1 saturated carbocycles. The van der Waals surface area contributed by atoms with E-state index in [1.54, 1.807) is 0 Å². The number of rotatable bonds is 5. The Labute approximate surface area is 200 Å². The van der Waals surface area contributed by atoms with Crippen LogP contribution in [0.4, 0.5) is 0 Å². The number of aromatic nitrogens is 1. The van der Waals surface area contributed by atoms with Gasteiger partial charge in [-0.25, -0.2) is 4.79 Å². The van der Waals surface area contributed by atoms with Crippen molar-refractivity contribution in [2.45, 2.75) is 44.3 Å². The van der Waals surface area contributed by atoms with Crippen molar-refractivity contribution >= 4 is 47.5 Å². The van der Waals surface area contributed by atoms with Gasteiger partial charge in [-0.15, -0.1) is 24.8 Å². The molecule has 1 fully saturated rings. The molecule has 1 aliphatic heterocycles. The Kier molecular flexibility index (Phi) is 6.84. The number of carbonyl (C=O) groups excluding carboxylic acids is 2. The van der Waals surface area contributed by atoms with Crippen molar-refractivity contribution in [2.24, 2.45) is 18.7 Å². The van der Waals surface area contributed by atoms with E-state index in [2.05, 4.69) is 22.5 Å². The minimum Gasteiger partial charge on any atom is -0.443 e. The Morgan fingerprint density at radius 2 is 1.88 bits per heavy atom. The molecule has 2 aromatic rings. The number of ether oxygens (including phenoxy) is 1. The van der Waals surface area contributed by atoms with Crippen LogP contribution in [0.15, 0.2) is 36.7 Å². The predicted octanol–water partition coefficient (Wildman–Crippen LogP) is 3.19. The first kappa shape index (κ1) is 24.4. The number of nitrogens with zero attached hydrogens (tertiary/aromatic N) is 3. The van der Waals surface area contributed by atoms with Crippen LogP contribution < -0.4 is 5.73 Å². The smallest absolute Gasteiger partial charge is 0.327 e. The van der Waals surface area contributed by atoms with E-state index in [1.165, 1.54) is 0 Å². The van der Waals surface area contributed by atoms with Gasteiger partial charge in [0.05, 0.1) is 0 Å². The lowest BCUT2D eigenvalue weighted by molar-refractivity contribution is -0.151. The molecule has 0 radical (unpaired) electrons. The lowest BCUT2D eigenvalue weighted by atomic mass is 9.84. The molecule has 0 amide bonds. The quantitative estimate of drug-likeness (QED) is 0.661. The highest BCUT2D eigenvalue weighted by Gasteiger charge is 2.48. The van der Waals surface area contributed by atoms with Gasteiger partial charge in [0.2, 0.25) is 0 Å². The summed E-state index contributed by atoms with van der Waals surface area (Å²) in [5, 5.41) is 1.05. The van der Waals surface area contributed by atoms with E-state index in [9.17, 15) is 9.59 Å². The van der Waals surface area contributed by atoms with Gasteiger partial charge < -0.3 is 24.8 Å². The number of ketones is 1. The Bertz CT molecular complexity index is 1060. The first-order valence-corrected chi connectivity index (χ1v) is 10.7. The van der Waals surface area contributed by atoms with Gasteiger partial charge in [0.15, 0.2) is 12.5 Å². The molecule has 5 rings (SSSR count). The van der Waals surface area contributed by atoms with Crippen LogP contribution in [-0.4, -0.2) is 51.1 Å². The number of hydrogen-bond acceptors (Lipinski definition) is 6. The zero-order valence-electron chi connectivity index (χ0n) is 18.3. The van der Waals surface area contributed by atoms with Crippen LogP contribution >= 0.6 is 24.8 Å². The molecule has 2 heterocycles. The van der Waals surface area contributed by atoms with Crippen molar-refractivity contribution in [2.75, 3.05) is 13.3 Å². The summed E-state index contributed by atoms with van der Waals surface area (Å²) in [4.78, 5) is 29.5. The minimum absolute atomic E-state index is 0. The number of hydrogen-bond donors (Lipinski definition) is 1. The second-order valence-electron chi connectivity index (χ2n) is 8.86. The molecule has 174 valence electrons. The van der Waals surface area contributed by atoms with E-state index in [-0.39, 0.29) is 55.4 Å². The van der Waals surface area contributed by atoms with Gasteiger partial charge in [0.1, 0.15) is 11.7 Å². The molecule has 2 aliphatic carbocycles. The summed E-state index contributed by atoms with van der Waals surface area (Å²) >= 11 is 0. The molecule has 7 nitrogen and oxygen atoms in total. The zero-order chi connectivity index (χ0) is 21.0. The molecule has 32 heavy (non-hydrogen) atoms. The molecule has 2 unspecified atom stereocenters. The fourth-order valence-corrected chi connectivity index (χ4v) is 4.68. The second kappa shape index (κ2) is 8.96. The fraction of sp³-hybridized carbons (Fsp3) is 0.478. The number of halogens is 2. The molecule has 1 aromatic carbocycles. The summed E-state index contributed by atoms with van der Waals surface area (Å²) in [5.74, 6) is -0.137. The van der Waals surface area contributed by atoms with Crippen LogP contribution in [-0.2, 0) is 23.0 Å². The molecule has 0 spiro atoms. The van der Waals surface area contributed by atoms with Crippen molar-refractivity contribution in [3.63, 3.8) is 0 Å². The maximum absolute atomic E-state index is 13.4. The van der Waals surface area contributed by atoms with Crippen molar-refractivity contribution in [1.29, 1.82) is 0 Å². The van der Waals surface area contributed by atoms with Crippen molar-refractivity contribution in [3.8, 4) is 0 Å². The van der Waals surface area contributed by atoms with Crippen LogP contribution in [0.1, 0.15) is 42.2 Å². The van der Waals surface area contributed by atoms with Crippen molar-refractivity contribution in [3.05, 3.63) is 47.9 Å². The molecule has 1 aromatic heterocycles. The number of carbonyl (C=O) groups is 2. The summed E-state index contributed by atoms with van der Waals surface area (Å²) < 4.78 is 7.56. The lowest BCUT2D eigenvalue weighted by Gasteiger charge is -2.33. The summed E-state index contributed by atoms with van der Waals surface area (Å²) in [6.45, 7) is 2.89. The maximum atomic E-state index is 13.4. The Morgan fingerprint density at radius 3 is 2.59 bits per heavy atom. The van der Waals surface area contributed by atoms with Gasteiger partial charge in [0.25, 0.3) is 0 Å². The van der Waals surface area contributed by atoms with Gasteiger partial charge in [-0.3, -0.25) is 4.79 Å². The number of fused-ring (bicyclic) bond motifs is 3. The molecule has 0 saturated heterocycles. The topological polar surface area (TPSA) is 80.8 Å². The Hall–Kier alpha value is -2.22. The van der Waals surface area contributed by atoms with E-state index in [0.717, 1.165) is 35.0 Å². The highest BCUT2D eigenvalue weighted by molar-refractivity contribution is 6.11. The minimum atomic E-state index is -0.767. The van der Waals surface area contributed by atoms with Gasteiger partial charge in [-0.1, -0.05) is 18.2 Å². The third kappa shape index (κ3) is 3.98. The van der Waals surface area contributed by atoms with Gasteiger partial charge >= 0.3 is 5.97 Å². The number of Topliss-reactive ketones (excluding diaryl/α,β-unsaturated/α-hetero) is 1. The van der Waals surface area contributed by atoms with Crippen LogP contribution in [0.2, 0.25) is 0 Å². The van der Waals surface area contributed by atoms with Crippen LogP contribution in [0.25, 0.3) is 10.9 Å². The van der Waals surface area contributed by atoms with E-state index in [0.29, 0.717) is 19.4 Å². The lowest BCUT2D eigenvalue weighted by Crippen LogP contribution is -2.43. The summed E-state index contributed by atoms with van der Waals surface area (Å²) in [5.41, 5.74) is 8.28. The third-order valence-electron chi connectivity index (χ3n) is 6.96. The number of nitrogens with two attached hydrogens (primary N) is 1. The molecule has 3 aliphatic rings. The van der Waals surface area contributed by atoms with E-state index < -0.39 is 5.54 Å². The molecule has 9 heteroatoms. The standard InChI is InChI=1S/C23H28N4O3.2ClH/c1-15-26(11-12-27(15)14-30-22(29)23(24)9-10-23)13-16-7-8-19-20(21(16)28)17-5-3-4-6-18(17)25(19)2;;/h3-6,11-12,15-16H,7-10,13-14,24H2,1-2H3;2*1H. The first-order valence-electron chi connectivity index (χ1n) is 10.7. The monoisotopic (exact) mass is 480 g/mol. The van der Waals surface area contributed by atoms with Crippen LogP contribution in [0.5, 0.6) is 0 Å². The third-order valence-corrected chi connectivity index (χ3v) is 6.96. The van der Waals surface area contributed by atoms with Gasteiger partial charge in [-0.05, 0) is 38.7 Å². The summed E-state index contributed by atoms with van der Waals surface area (Å²) in [6.07, 6.45) is 7.07. The molecule has 2 atom stereocenters. The van der Waals surface area contributed by atoms with E-state index in [1.807, 2.05) is 42.5 Å². The average Bonchev–Trinajstić information content (AvgIpc) is 3.32. The zero-order valence-corrected chi connectivity index (χ0v) is 20.0. The molecular formula is C23H30Cl2N4O3. The van der Waals surface area contributed by atoms with Gasteiger partial charge in [-0.2, -0.15) is 0 Å². The largest absolute Gasteiger partial charge is 0.443 e. The van der Waals surface area contributed by atoms with Gasteiger partial charge in [0, 0.05) is 54.1 Å². The summed E-state index contributed by atoms with van der Waals surface area (Å²) in [6, 6.07) is 8.14. The number of benzene rings is 1. The van der Waals surface area contributed by atoms with Crippen LogP contribution in [0.3, 0.4) is 0 Å². The number of para-hydroxylation sites is 1. The SMILES string of the molecule is CC1N(COC(=O)C2(N)CC2)C=CN1CC1CCc2c(c3ccccc3n2C)C1=O.Cl.Cl. The maximum Gasteiger partial charge on any atom is 0.327 e. The highest BCUT2D eigenvalue weighted by Crippen LogP contribution is 2.35. The van der Waals surface area contributed by atoms with Crippen molar-refractivity contribution in [1.82, 2.24) is 14.4 Å². The predicted molar refractivity (Wildman–Crippen MR) is 128 cm³/mol. The average molecular weight is 481 g/mol. The Morgan fingerprint density at radius 1 is 1.19 bits per heavy atom. The number of esters is 1.